The SMILES string of the molecule is CC(=O)OC1=CCCCC1.[PbH2]. The molecule has 1 aliphatic carbocycles. The van der Waals surface area contributed by atoms with Gasteiger partial charge in [-0.15, -0.1) is 0 Å². The van der Waals surface area contributed by atoms with Gasteiger partial charge in [-0.3, -0.25) is 4.79 Å². The van der Waals surface area contributed by atoms with Crippen LogP contribution >= 0.6 is 0 Å². The molecule has 0 aromatic rings. The maximum absolute atomic E-state index is 10.4. The number of hydrogen-bond donors (Lipinski definition) is 0. The molecule has 0 aromatic heterocycles. The van der Waals surface area contributed by atoms with E-state index in [4.69, 9.17) is 4.74 Å². The number of allylic oxidation sites excluding steroid dienone is 2. The molecule has 0 bridgehead atoms. The monoisotopic (exact) mass is 350 g/mol. The fourth-order valence-electron chi connectivity index (χ4n) is 1.09. The van der Waals surface area contributed by atoms with Crippen LogP contribution in [0.1, 0.15) is 32.6 Å². The van der Waals surface area contributed by atoms with Gasteiger partial charge in [-0.2, -0.15) is 0 Å². The molecule has 2 radical (unpaired) electrons. The summed E-state index contributed by atoms with van der Waals surface area (Å²) in [5, 5.41) is 0. The Bertz CT molecular complexity index is 163. The average molecular weight is 349 g/mol. The van der Waals surface area contributed by atoms with Crippen LogP contribution in [0.4, 0.5) is 0 Å². The van der Waals surface area contributed by atoms with E-state index in [9.17, 15) is 4.79 Å². The predicted molar refractivity (Wildman–Crippen MR) is 46.9 cm³/mol. The van der Waals surface area contributed by atoms with Gasteiger partial charge in [0.25, 0.3) is 0 Å². The molecular weight excluding hydrogens is 335 g/mol. The Morgan fingerprint density at radius 1 is 1.55 bits per heavy atom. The minimum atomic E-state index is -0.201. The molecule has 0 amide bonds. The third-order valence-corrected chi connectivity index (χ3v) is 1.52. The fraction of sp³-hybridized carbons (Fsp3) is 0.625. The van der Waals surface area contributed by atoms with Crippen LogP contribution in [0.25, 0.3) is 0 Å². The predicted octanol–water partition coefficient (Wildman–Crippen LogP) is 1.09. The molecule has 0 spiro atoms. The van der Waals surface area contributed by atoms with Crippen molar-refractivity contribution in [3.05, 3.63) is 11.8 Å². The third kappa shape index (κ3) is 4.55. The van der Waals surface area contributed by atoms with Crippen molar-refractivity contribution in [3.8, 4) is 0 Å². The standard InChI is InChI=1S/C8H12O2.Pb.2H/c1-7(9)10-8-5-3-2-4-6-8;;;/h5H,2-4,6H2,1H3;;;. The molecule has 0 fully saturated rings. The van der Waals surface area contributed by atoms with E-state index in [0.717, 1.165) is 25.0 Å². The number of carbonyl (C=O) groups is 1. The van der Waals surface area contributed by atoms with Gasteiger partial charge in [0.05, 0.1) is 0 Å². The molecule has 0 unspecified atom stereocenters. The van der Waals surface area contributed by atoms with Gasteiger partial charge in [0.1, 0.15) is 5.76 Å². The van der Waals surface area contributed by atoms with Crippen LogP contribution in [-0.2, 0) is 9.53 Å². The zero-order chi connectivity index (χ0) is 7.40. The van der Waals surface area contributed by atoms with Gasteiger partial charge in [0.15, 0.2) is 0 Å². The Hall–Kier alpha value is 0.132. The zero-order valence-electron chi connectivity index (χ0n) is 6.93. The van der Waals surface area contributed by atoms with Crippen LogP contribution in [0.15, 0.2) is 11.8 Å². The fourth-order valence-corrected chi connectivity index (χ4v) is 1.09. The molecule has 62 valence electrons. The molecule has 0 saturated carbocycles. The van der Waals surface area contributed by atoms with Gasteiger partial charge < -0.3 is 4.74 Å². The molecule has 1 aliphatic rings. The quantitative estimate of drug-likeness (QED) is 0.523. The van der Waals surface area contributed by atoms with Crippen LogP contribution in [0, 0.1) is 0 Å². The van der Waals surface area contributed by atoms with E-state index in [-0.39, 0.29) is 33.3 Å². The number of rotatable bonds is 1. The maximum atomic E-state index is 10.4. The molecule has 0 aliphatic heterocycles. The molecule has 0 N–H and O–H groups in total. The van der Waals surface area contributed by atoms with E-state index in [0.29, 0.717) is 0 Å². The number of carbonyl (C=O) groups excluding carboxylic acids is 1. The van der Waals surface area contributed by atoms with Crippen molar-refractivity contribution in [2.24, 2.45) is 0 Å². The van der Waals surface area contributed by atoms with Crippen molar-refractivity contribution >= 4 is 33.3 Å². The van der Waals surface area contributed by atoms with Crippen LogP contribution in [0.5, 0.6) is 0 Å². The van der Waals surface area contributed by atoms with E-state index in [1.165, 1.54) is 13.3 Å². The summed E-state index contributed by atoms with van der Waals surface area (Å²) in [6, 6.07) is 0. The molecular formula is C8H14O2Pb. The first-order chi connectivity index (χ1) is 4.79. The first-order valence-corrected chi connectivity index (χ1v) is 3.66. The summed E-state index contributed by atoms with van der Waals surface area (Å²) in [7, 11) is 0. The minimum absolute atomic E-state index is 0. The van der Waals surface area contributed by atoms with Crippen molar-refractivity contribution in [1.29, 1.82) is 0 Å². The van der Waals surface area contributed by atoms with E-state index < -0.39 is 0 Å². The second-order valence-corrected chi connectivity index (χ2v) is 2.51. The molecule has 1 rings (SSSR count). The second kappa shape index (κ2) is 5.74. The van der Waals surface area contributed by atoms with Gasteiger partial charge in [0, 0.05) is 13.3 Å². The van der Waals surface area contributed by atoms with Gasteiger partial charge in [-0.05, 0) is 25.3 Å². The summed E-state index contributed by atoms with van der Waals surface area (Å²) in [6.07, 6.45) is 6.37. The summed E-state index contributed by atoms with van der Waals surface area (Å²) in [5.41, 5.74) is 0. The number of ether oxygens (including phenoxy) is 1. The third-order valence-electron chi connectivity index (χ3n) is 1.52. The molecule has 0 saturated heterocycles. The van der Waals surface area contributed by atoms with Crippen LogP contribution in [0.2, 0.25) is 0 Å². The molecule has 0 heterocycles. The van der Waals surface area contributed by atoms with Crippen molar-refractivity contribution in [2.75, 3.05) is 0 Å². The molecule has 0 atom stereocenters. The van der Waals surface area contributed by atoms with Gasteiger partial charge in [-0.1, -0.05) is 0 Å². The Labute approximate surface area is 87.2 Å². The van der Waals surface area contributed by atoms with Gasteiger partial charge in [-0.25, -0.2) is 0 Å². The Morgan fingerprint density at radius 3 is 2.73 bits per heavy atom. The Kier molecular flexibility index (Phi) is 5.81. The average Bonchev–Trinajstić information content (AvgIpc) is 1.88. The van der Waals surface area contributed by atoms with Crippen LogP contribution in [-0.4, -0.2) is 33.3 Å². The van der Waals surface area contributed by atoms with E-state index in [1.807, 2.05) is 6.08 Å². The van der Waals surface area contributed by atoms with Crippen LogP contribution in [0.3, 0.4) is 0 Å². The molecule has 0 aromatic carbocycles. The molecule has 3 heteroatoms. The zero-order valence-corrected chi connectivity index (χ0v) is 12.4. The van der Waals surface area contributed by atoms with Gasteiger partial charge in [0.2, 0.25) is 0 Å². The number of esters is 1. The van der Waals surface area contributed by atoms with Crippen LogP contribution < -0.4 is 0 Å². The molecule has 11 heavy (non-hydrogen) atoms. The van der Waals surface area contributed by atoms with Gasteiger partial charge >= 0.3 is 33.3 Å². The summed E-state index contributed by atoms with van der Waals surface area (Å²) in [4.78, 5) is 10.4. The second-order valence-electron chi connectivity index (χ2n) is 2.51. The number of hydrogen-bond acceptors (Lipinski definition) is 2. The topological polar surface area (TPSA) is 26.3 Å². The first kappa shape index (κ1) is 11.1. The molecule has 2 nitrogen and oxygen atoms in total. The first-order valence-electron chi connectivity index (χ1n) is 3.66. The van der Waals surface area contributed by atoms with E-state index >= 15 is 0 Å². The Morgan fingerprint density at radius 2 is 2.27 bits per heavy atom. The van der Waals surface area contributed by atoms with Crippen molar-refractivity contribution in [3.63, 3.8) is 0 Å². The van der Waals surface area contributed by atoms with E-state index in [2.05, 4.69) is 0 Å². The van der Waals surface area contributed by atoms with Crippen molar-refractivity contribution in [1.82, 2.24) is 0 Å². The summed E-state index contributed by atoms with van der Waals surface area (Å²) < 4.78 is 4.91. The van der Waals surface area contributed by atoms with Crippen molar-refractivity contribution < 1.29 is 9.53 Å². The van der Waals surface area contributed by atoms with Crippen molar-refractivity contribution in [2.45, 2.75) is 32.6 Å². The summed E-state index contributed by atoms with van der Waals surface area (Å²) in [6.45, 7) is 1.44. The normalized spacial score (nSPS) is 16.3. The Balaban J connectivity index is 0.000001000. The summed E-state index contributed by atoms with van der Waals surface area (Å²) in [5.74, 6) is 0.659. The van der Waals surface area contributed by atoms with E-state index in [1.54, 1.807) is 0 Å². The summed E-state index contributed by atoms with van der Waals surface area (Å²) >= 11 is 0.